The summed E-state index contributed by atoms with van der Waals surface area (Å²) in [5.74, 6) is 0.161. The van der Waals surface area contributed by atoms with Crippen LogP contribution < -0.4 is 10.9 Å². The Balaban J connectivity index is 2.57. The first-order valence-corrected chi connectivity index (χ1v) is 7.67. The Morgan fingerprint density at radius 1 is 1.50 bits per heavy atom. The summed E-state index contributed by atoms with van der Waals surface area (Å²) >= 11 is 1.20. The molecule has 112 valence electrons. The summed E-state index contributed by atoms with van der Waals surface area (Å²) in [4.78, 5) is 30.2. The molecule has 0 aromatic carbocycles. The zero-order valence-corrected chi connectivity index (χ0v) is 12.7. The molecule has 0 atom stereocenters. The third-order valence-corrected chi connectivity index (χ3v) is 3.63. The van der Waals surface area contributed by atoms with Gasteiger partial charge in [-0.15, -0.1) is 0 Å². The third kappa shape index (κ3) is 5.34. The predicted octanol–water partition coefficient (Wildman–Crippen LogP) is 0.622. The highest BCUT2D eigenvalue weighted by Gasteiger charge is 2.09. The lowest BCUT2D eigenvalue weighted by molar-refractivity contribution is -0.118. The van der Waals surface area contributed by atoms with E-state index in [-0.39, 0.29) is 30.2 Å². The third-order valence-electron chi connectivity index (χ3n) is 2.75. The molecule has 1 heterocycles. The molecule has 1 aromatic rings. The van der Waals surface area contributed by atoms with Gasteiger partial charge in [-0.05, 0) is 13.3 Å². The number of nitrogens with zero attached hydrogens (tertiary/aromatic N) is 1. The van der Waals surface area contributed by atoms with E-state index in [0.717, 1.165) is 12.8 Å². The van der Waals surface area contributed by atoms with Crippen LogP contribution in [0.3, 0.4) is 0 Å². The van der Waals surface area contributed by atoms with Gasteiger partial charge in [-0.2, -0.15) is 0 Å². The molecule has 0 saturated carbocycles. The first-order chi connectivity index (χ1) is 9.58. The molecule has 0 fully saturated rings. The van der Waals surface area contributed by atoms with Crippen LogP contribution in [-0.4, -0.2) is 39.9 Å². The molecule has 7 heteroatoms. The molecule has 0 radical (unpaired) electrons. The number of unbranched alkanes of at least 4 members (excludes halogenated alkanes) is 1. The van der Waals surface area contributed by atoms with Crippen LogP contribution in [0, 0.1) is 6.92 Å². The van der Waals surface area contributed by atoms with Gasteiger partial charge in [0.05, 0.1) is 5.75 Å². The summed E-state index contributed by atoms with van der Waals surface area (Å²) < 4.78 is 0. The molecule has 1 rings (SSSR count). The lowest BCUT2D eigenvalue weighted by Gasteiger charge is -2.06. The van der Waals surface area contributed by atoms with Crippen molar-refractivity contribution in [3.8, 4) is 0 Å². The number of thioether (sulfide) groups is 1. The lowest BCUT2D eigenvalue weighted by atomic mass is 10.2. The minimum absolute atomic E-state index is 0.0665. The van der Waals surface area contributed by atoms with Crippen LogP contribution in [0.5, 0.6) is 0 Å². The van der Waals surface area contributed by atoms with E-state index in [2.05, 4.69) is 22.2 Å². The van der Waals surface area contributed by atoms with E-state index >= 15 is 0 Å². The Bertz CT molecular complexity index is 502. The number of aliphatic hydroxyl groups excluding tert-OH is 1. The van der Waals surface area contributed by atoms with Gasteiger partial charge in [0.1, 0.15) is 0 Å². The standard InChI is InChI=1S/C13H21N3O3S/c1-3-4-6-14-11(18)8-20-13-15-9(2)10(5-7-17)12(19)16-13/h17H,3-8H2,1-2H3,(H,14,18)(H,15,16,19). The maximum absolute atomic E-state index is 11.8. The number of H-pyrrole nitrogens is 1. The molecular formula is C13H21N3O3S. The molecule has 20 heavy (non-hydrogen) atoms. The number of rotatable bonds is 8. The minimum Gasteiger partial charge on any atom is -0.396 e. The Labute approximate surface area is 122 Å². The molecular weight excluding hydrogens is 278 g/mol. The fourth-order valence-corrected chi connectivity index (χ4v) is 2.38. The number of aryl methyl sites for hydroxylation is 1. The molecule has 0 aliphatic carbocycles. The van der Waals surface area contributed by atoms with Crippen LogP contribution in [0.15, 0.2) is 9.95 Å². The van der Waals surface area contributed by atoms with Gasteiger partial charge >= 0.3 is 0 Å². The minimum atomic E-state index is -0.250. The van der Waals surface area contributed by atoms with Crippen molar-refractivity contribution in [2.24, 2.45) is 0 Å². The predicted molar refractivity (Wildman–Crippen MR) is 79.0 cm³/mol. The van der Waals surface area contributed by atoms with Crippen molar-refractivity contribution >= 4 is 17.7 Å². The molecule has 1 aromatic heterocycles. The first-order valence-electron chi connectivity index (χ1n) is 6.68. The van der Waals surface area contributed by atoms with E-state index in [9.17, 15) is 9.59 Å². The molecule has 0 saturated heterocycles. The summed E-state index contributed by atoms with van der Waals surface area (Å²) in [6, 6.07) is 0. The number of hydrogen-bond acceptors (Lipinski definition) is 5. The van der Waals surface area contributed by atoms with E-state index in [1.54, 1.807) is 6.92 Å². The van der Waals surface area contributed by atoms with Crippen molar-refractivity contribution in [3.05, 3.63) is 21.6 Å². The largest absolute Gasteiger partial charge is 0.396 e. The van der Waals surface area contributed by atoms with Crippen LogP contribution in [0.4, 0.5) is 0 Å². The normalized spacial score (nSPS) is 10.6. The number of nitrogens with one attached hydrogen (secondary N) is 2. The van der Waals surface area contributed by atoms with Crippen LogP contribution in [0.2, 0.25) is 0 Å². The highest BCUT2D eigenvalue weighted by Crippen LogP contribution is 2.12. The molecule has 3 N–H and O–H groups in total. The van der Waals surface area contributed by atoms with Crippen molar-refractivity contribution < 1.29 is 9.90 Å². The second-order valence-corrected chi connectivity index (χ2v) is 5.36. The van der Waals surface area contributed by atoms with Crippen molar-refractivity contribution in [3.63, 3.8) is 0 Å². The molecule has 0 aliphatic rings. The number of aromatic amines is 1. The Morgan fingerprint density at radius 3 is 2.85 bits per heavy atom. The summed E-state index contributed by atoms with van der Waals surface area (Å²) in [6.07, 6.45) is 2.28. The zero-order valence-electron chi connectivity index (χ0n) is 11.9. The summed E-state index contributed by atoms with van der Waals surface area (Å²) in [5, 5.41) is 12.1. The first kappa shape index (κ1) is 16.7. The Hall–Kier alpha value is -1.34. The summed E-state index contributed by atoms with van der Waals surface area (Å²) in [7, 11) is 0. The second kappa shape index (κ2) is 8.76. The van der Waals surface area contributed by atoms with E-state index in [0.29, 0.717) is 23.0 Å². The summed E-state index contributed by atoms with van der Waals surface area (Å²) in [6.45, 7) is 4.38. The lowest BCUT2D eigenvalue weighted by Crippen LogP contribution is -2.26. The molecule has 0 spiro atoms. The van der Waals surface area contributed by atoms with E-state index < -0.39 is 0 Å². The highest BCUT2D eigenvalue weighted by atomic mass is 32.2. The van der Waals surface area contributed by atoms with Crippen molar-refractivity contribution in [2.75, 3.05) is 18.9 Å². The van der Waals surface area contributed by atoms with Gasteiger partial charge in [-0.1, -0.05) is 25.1 Å². The van der Waals surface area contributed by atoms with E-state index in [1.807, 2.05) is 0 Å². The number of hydrogen-bond donors (Lipinski definition) is 3. The van der Waals surface area contributed by atoms with Crippen LogP contribution >= 0.6 is 11.8 Å². The van der Waals surface area contributed by atoms with Gasteiger partial charge in [0.15, 0.2) is 5.16 Å². The topological polar surface area (TPSA) is 95.1 Å². The van der Waals surface area contributed by atoms with Crippen molar-refractivity contribution in [1.82, 2.24) is 15.3 Å². The van der Waals surface area contributed by atoms with Crippen molar-refractivity contribution in [1.29, 1.82) is 0 Å². The number of amides is 1. The van der Waals surface area contributed by atoms with Gasteiger partial charge in [0, 0.05) is 30.8 Å². The molecule has 1 amide bonds. The smallest absolute Gasteiger partial charge is 0.255 e. The zero-order chi connectivity index (χ0) is 15.0. The highest BCUT2D eigenvalue weighted by molar-refractivity contribution is 7.99. The van der Waals surface area contributed by atoms with Gasteiger partial charge in [-0.25, -0.2) is 4.98 Å². The monoisotopic (exact) mass is 299 g/mol. The van der Waals surface area contributed by atoms with Gasteiger partial charge in [-0.3, -0.25) is 9.59 Å². The molecule has 0 unspecified atom stereocenters. The number of carbonyl (C=O) groups is 1. The van der Waals surface area contributed by atoms with Crippen LogP contribution in [-0.2, 0) is 11.2 Å². The maximum Gasteiger partial charge on any atom is 0.255 e. The Morgan fingerprint density at radius 2 is 2.25 bits per heavy atom. The number of carbonyl (C=O) groups excluding carboxylic acids is 1. The molecule has 0 aliphatic heterocycles. The fourth-order valence-electron chi connectivity index (χ4n) is 1.65. The molecule has 0 bridgehead atoms. The van der Waals surface area contributed by atoms with Gasteiger partial charge in [0.25, 0.3) is 5.56 Å². The fraction of sp³-hybridized carbons (Fsp3) is 0.615. The van der Waals surface area contributed by atoms with Crippen LogP contribution in [0.1, 0.15) is 31.0 Å². The second-order valence-electron chi connectivity index (χ2n) is 4.40. The van der Waals surface area contributed by atoms with Crippen molar-refractivity contribution in [2.45, 2.75) is 38.3 Å². The average Bonchev–Trinajstić information content (AvgIpc) is 2.41. The number of aliphatic hydroxyl groups is 1. The Kier molecular flexibility index (Phi) is 7.32. The molecule has 6 nitrogen and oxygen atoms in total. The van der Waals surface area contributed by atoms with Gasteiger partial charge < -0.3 is 15.4 Å². The maximum atomic E-state index is 11.8. The number of aromatic nitrogens is 2. The van der Waals surface area contributed by atoms with Crippen LogP contribution in [0.25, 0.3) is 0 Å². The quantitative estimate of drug-likeness (QED) is 0.371. The van der Waals surface area contributed by atoms with E-state index in [4.69, 9.17) is 5.11 Å². The SMILES string of the molecule is CCCCNC(=O)CSc1nc(C)c(CCO)c(=O)[nH]1. The van der Waals surface area contributed by atoms with E-state index in [1.165, 1.54) is 11.8 Å². The average molecular weight is 299 g/mol. The van der Waals surface area contributed by atoms with Gasteiger partial charge in [0.2, 0.25) is 5.91 Å². The summed E-state index contributed by atoms with van der Waals surface area (Å²) in [5.41, 5.74) is 0.835.